The molecule has 86 valence electrons. The molecule has 4 heteroatoms. The third-order valence-electron chi connectivity index (χ3n) is 2.31. The van der Waals surface area contributed by atoms with Crippen molar-refractivity contribution in [2.75, 3.05) is 6.61 Å². The van der Waals surface area contributed by atoms with E-state index in [-0.39, 0.29) is 18.4 Å². The molecule has 0 aliphatic carbocycles. The van der Waals surface area contributed by atoms with Crippen LogP contribution in [0.25, 0.3) is 0 Å². The van der Waals surface area contributed by atoms with Crippen molar-refractivity contribution in [1.82, 2.24) is 0 Å². The lowest BCUT2D eigenvalue weighted by Crippen LogP contribution is -2.21. The van der Waals surface area contributed by atoms with Crippen molar-refractivity contribution in [2.45, 2.75) is 25.8 Å². The summed E-state index contributed by atoms with van der Waals surface area (Å²) in [4.78, 5) is 0. The molecule has 1 aromatic carbocycles. The van der Waals surface area contributed by atoms with Crippen molar-refractivity contribution in [2.24, 2.45) is 5.73 Å². The zero-order chi connectivity index (χ0) is 12.0. The molecule has 0 aromatic heterocycles. The normalized spacial score (nSPS) is 11.9. The van der Waals surface area contributed by atoms with Gasteiger partial charge in [0.15, 0.2) is 18.2 Å². The van der Waals surface area contributed by atoms with Gasteiger partial charge in [-0.15, -0.1) is 0 Å². The van der Waals surface area contributed by atoms with E-state index < -0.39 is 5.82 Å². The quantitative estimate of drug-likeness (QED) is 0.829. The van der Waals surface area contributed by atoms with Gasteiger partial charge < -0.3 is 10.5 Å². The fraction of sp³-hybridized carbons (Fsp3) is 0.417. The fourth-order valence-corrected chi connectivity index (χ4v) is 1.35. The van der Waals surface area contributed by atoms with E-state index in [1.54, 1.807) is 12.1 Å². The van der Waals surface area contributed by atoms with Gasteiger partial charge in [-0.05, 0) is 30.5 Å². The Morgan fingerprint density at radius 2 is 2.31 bits per heavy atom. The summed E-state index contributed by atoms with van der Waals surface area (Å²) in [6.45, 7) is 1.84. The van der Waals surface area contributed by atoms with Crippen molar-refractivity contribution in [3.63, 3.8) is 0 Å². The van der Waals surface area contributed by atoms with Gasteiger partial charge in [0.2, 0.25) is 0 Å². The maximum Gasteiger partial charge on any atom is 0.174 e. The largest absolute Gasteiger partial charge is 0.476 e. The molecule has 0 fully saturated rings. The Bertz CT molecular complexity index is 387. The van der Waals surface area contributed by atoms with E-state index in [9.17, 15) is 4.39 Å². The van der Waals surface area contributed by atoms with E-state index in [1.807, 2.05) is 6.92 Å². The first-order chi connectivity index (χ1) is 7.67. The first-order valence-electron chi connectivity index (χ1n) is 5.21. The average molecular weight is 222 g/mol. The Hall–Kier alpha value is -1.60. The van der Waals surface area contributed by atoms with Crippen LogP contribution in [0.3, 0.4) is 0 Å². The molecule has 1 unspecified atom stereocenters. The average Bonchev–Trinajstić information content (AvgIpc) is 2.28. The van der Waals surface area contributed by atoms with E-state index in [4.69, 9.17) is 15.7 Å². The monoisotopic (exact) mass is 222 g/mol. The molecule has 16 heavy (non-hydrogen) atoms. The topological polar surface area (TPSA) is 59.0 Å². The molecular formula is C12H15FN2O. The third kappa shape index (κ3) is 3.52. The van der Waals surface area contributed by atoms with Crippen molar-refractivity contribution in [3.05, 3.63) is 29.6 Å². The number of rotatable bonds is 5. The van der Waals surface area contributed by atoms with Crippen molar-refractivity contribution < 1.29 is 9.13 Å². The zero-order valence-electron chi connectivity index (χ0n) is 9.24. The summed E-state index contributed by atoms with van der Waals surface area (Å²) in [6.07, 6.45) is 1.50. The van der Waals surface area contributed by atoms with Crippen LogP contribution in [0, 0.1) is 17.1 Å². The molecule has 0 aliphatic rings. The molecule has 0 heterocycles. The number of nitrogens with zero attached hydrogens (tertiary/aromatic N) is 1. The first kappa shape index (κ1) is 12.5. The molecule has 1 rings (SSSR count). The lowest BCUT2D eigenvalue weighted by molar-refractivity contribution is 0.346. The van der Waals surface area contributed by atoms with Gasteiger partial charge in [-0.3, -0.25) is 0 Å². The van der Waals surface area contributed by atoms with Gasteiger partial charge in [0.1, 0.15) is 6.07 Å². The highest BCUT2D eigenvalue weighted by molar-refractivity contribution is 5.30. The second kappa shape index (κ2) is 6.09. The summed E-state index contributed by atoms with van der Waals surface area (Å²) in [7, 11) is 0. The number of hydrogen-bond donors (Lipinski definition) is 1. The molecule has 0 saturated carbocycles. The van der Waals surface area contributed by atoms with Crippen LogP contribution in [0.15, 0.2) is 18.2 Å². The van der Waals surface area contributed by atoms with Crippen LogP contribution in [0.2, 0.25) is 0 Å². The van der Waals surface area contributed by atoms with Gasteiger partial charge in [0.05, 0.1) is 0 Å². The van der Waals surface area contributed by atoms with Gasteiger partial charge in [0.25, 0.3) is 0 Å². The van der Waals surface area contributed by atoms with Crippen LogP contribution in [-0.4, -0.2) is 12.6 Å². The fourth-order valence-electron chi connectivity index (χ4n) is 1.35. The van der Waals surface area contributed by atoms with E-state index >= 15 is 0 Å². The highest BCUT2D eigenvalue weighted by Gasteiger charge is 2.07. The van der Waals surface area contributed by atoms with Crippen LogP contribution in [-0.2, 0) is 6.42 Å². The summed E-state index contributed by atoms with van der Waals surface area (Å²) >= 11 is 0. The molecule has 0 aliphatic heterocycles. The predicted octanol–water partition coefficient (Wildman–Crippen LogP) is 2.01. The number of benzene rings is 1. The van der Waals surface area contributed by atoms with Crippen molar-refractivity contribution in [3.8, 4) is 11.8 Å². The lowest BCUT2D eigenvalue weighted by Gasteiger charge is -2.10. The molecule has 0 bridgehead atoms. The van der Waals surface area contributed by atoms with E-state index in [0.29, 0.717) is 6.42 Å². The summed E-state index contributed by atoms with van der Waals surface area (Å²) in [5.41, 5.74) is 6.62. The van der Waals surface area contributed by atoms with Gasteiger partial charge in [-0.1, -0.05) is 13.0 Å². The highest BCUT2D eigenvalue weighted by atomic mass is 19.1. The minimum Gasteiger partial charge on any atom is -0.476 e. The molecule has 0 amide bonds. The second-order valence-corrected chi connectivity index (χ2v) is 3.58. The number of hydrogen-bond acceptors (Lipinski definition) is 3. The van der Waals surface area contributed by atoms with E-state index in [0.717, 1.165) is 12.0 Å². The summed E-state index contributed by atoms with van der Waals surface area (Å²) < 4.78 is 18.4. The van der Waals surface area contributed by atoms with Gasteiger partial charge >= 0.3 is 0 Å². The third-order valence-corrected chi connectivity index (χ3v) is 2.31. The summed E-state index contributed by atoms with van der Waals surface area (Å²) in [5.74, 6) is -0.341. The number of nitrogens with two attached hydrogens (primary N) is 1. The molecule has 0 saturated heterocycles. The van der Waals surface area contributed by atoms with Crippen LogP contribution < -0.4 is 10.5 Å². The minimum atomic E-state index is -0.448. The van der Waals surface area contributed by atoms with Crippen LogP contribution in [0.5, 0.6) is 5.75 Å². The molecule has 0 spiro atoms. The Labute approximate surface area is 94.6 Å². The number of ether oxygens (including phenoxy) is 1. The van der Waals surface area contributed by atoms with Crippen LogP contribution in [0.4, 0.5) is 4.39 Å². The maximum absolute atomic E-state index is 13.5. The van der Waals surface area contributed by atoms with Gasteiger partial charge in [-0.2, -0.15) is 5.26 Å². The lowest BCUT2D eigenvalue weighted by atomic mass is 10.0. The smallest absolute Gasteiger partial charge is 0.174 e. The summed E-state index contributed by atoms with van der Waals surface area (Å²) in [6, 6.07) is 6.54. The standard InChI is InChI=1S/C12H15FN2O/c1-2-10(15)7-9-3-4-12(11(13)8-9)16-6-5-14/h3-4,8,10H,2,6-7,15H2,1H3. The van der Waals surface area contributed by atoms with Crippen LogP contribution >= 0.6 is 0 Å². The Morgan fingerprint density at radius 1 is 1.56 bits per heavy atom. The number of nitriles is 1. The summed E-state index contributed by atoms with van der Waals surface area (Å²) in [5, 5.41) is 8.31. The molecule has 2 N–H and O–H groups in total. The minimum absolute atomic E-state index is 0.0466. The van der Waals surface area contributed by atoms with Gasteiger partial charge in [-0.25, -0.2) is 4.39 Å². The maximum atomic E-state index is 13.5. The van der Waals surface area contributed by atoms with Gasteiger partial charge in [0, 0.05) is 6.04 Å². The van der Waals surface area contributed by atoms with Crippen molar-refractivity contribution in [1.29, 1.82) is 5.26 Å². The predicted molar refractivity (Wildman–Crippen MR) is 59.5 cm³/mol. The first-order valence-corrected chi connectivity index (χ1v) is 5.21. The number of halogens is 1. The van der Waals surface area contributed by atoms with E-state index in [2.05, 4.69) is 0 Å². The highest BCUT2D eigenvalue weighted by Crippen LogP contribution is 2.19. The SMILES string of the molecule is CCC(N)Cc1ccc(OCC#N)c(F)c1. The second-order valence-electron chi connectivity index (χ2n) is 3.58. The Morgan fingerprint density at radius 3 is 2.88 bits per heavy atom. The zero-order valence-corrected chi connectivity index (χ0v) is 9.24. The molecule has 3 nitrogen and oxygen atoms in total. The van der Waals surface area contributed by atoms with E-state index in [1.165, 1.54) is 12.1 Å². The van der Waals surface area contributed by atoms with Crippen LogP contribution in [0.1, 0.15) is 18.9 Å². The Balaban J connectivity index is 2.71. The Kier molecular flexibility index (Phi) is 4.74. The molecule has 1 aromatic rings. The molecular weight excluding hydrogens is 207 g/mol. The van der Waals surface area contributed by atoms with Crippen molar-refractivity contribution >= 4 is 0 Å². The molecule has 1 atom stereocenters. The molecule has 0 radical (unpaired) electrons.